The molecule has 0 N–H and O–H groups in total. The van der Waals surface area contributed by atoms with E-state index in [1.165, 1.54) is 10.8 Å². The molecule has 0 radical (unpaired) electrons. The van der Waals surface area contributed by atoms with Crippen LogP contribution in [0.15, 0.2) is 36.7 Å². The summed E-state index contributed by atoms with van der Waals surface area (Å²) in [5.74, 6) is 0. The number of rotatable bonds is 0. The average Bonchev–Trinajstić information content (AvgIpc) is 2.63. The van der Waals surface area contributed by atoms with E-state index in [4.69, 9.17) is 0 Å². The molecule has 0 aliphatic rings. The fraction of sp³-hybridized carbons (Fsp3) is 0.429. The van der Waals surface area contributed by atoms with Gasteiger partial charge in [-0.1, -0.05) is 38.1 Å². The van der Waals surface area contributed by atoms with Crippen LogP contribution in [0.4, 0.5) is 0 Å². The van der Waals surface area contributed by atoms with Gasteiger partial charge in [-0.15, -0.1) is 0 Å². The Morgan fingerprint density at radius 1 is 0.867 bits per heavy atom. The Morgan fingerprint density at radius 2 is 1.27 bits per heavy atom. The van der Waals surface area contributed by atoms with Crippen LogP contribution >= 0.6 is 0 Å². The van der Waals surface area contributed by atoms with Crippen LogP contribution in [0.1, 0.15) is 34.6 Å². The zero-order valence-electron chi connectivity index (χ0n) is 10.4. The van der Waals surface area contributed by atoms with Crippen LogP contribution in [0.25, 0.3) is 10.8 Å². The highest BCUT2D eigenvalue weighted by Gasteiger charge is 2.12. The molecule has 82 valence electrons. The molecule has 0 saturated carbocycles. The van der Waals surface area contributed by atoms with Crippen molar-refractivity contribution in [3.63, 3.8) is 0 Å². The van der Waals surface area contributed by atoms with E-state index in [9.17, 15) is 0 Å². The zero-order chi connectivity index (χ0) is 11.5. The van der Waals surface area contributed by atoms with E-state index < -0.39 is 0 Å². The molecule has 1 heterocycles. The number of hydrogen-bond donors (Lipinski definition) is 0. The molecule has 0 amide bonds. The van der Waals surface area contributed by atoms with Gasteiger partial charge in [0.15, 0.2) is 0 Å². The Bertz CT molecular complexity index is 385. The topological polar surface area (TPSA) is 4.93 Å². The molecule has 0 unspecified atom stereocenters. The average molecular weight is 203 g/mol. The lowest BCUT2D eigenvalue weighted by molar-refractivity contribution is 0.399. The van der Waals surface area contributed by atoms with Gasteiger partial charge in [-0.05, 0) is 31.5 Å². The fourth-order valence-corrected chi connectivity index (χ4v) is 1.47. The summed E-state index contributed by atoms with van der Waals surface area (Å²) in [6.45, 7) is 10.6. The first-order valence-electron chi connectivity index (χ1n) is 5.64. The summed E-state index contributed by atoms with van der Waals surface area (Å²) < 4.78 is 2.26. The SMILES string of the molecule is CC.CC(C)(C)n1cc2ccccc2c1. The van der Waals surface area contributed by atoms with Crippen molar-refractivity contribution >= 4 is 10.8 Å². The van der Waals surface area contributed by atoms with Gasteiger partial charge in [0.25, 0.3) is 0 Å². The van der Waals surface area contributed by atoms with Crippen molar-refractivity contribution in [1.29, 1.82) is 0 Å². The third-order valence-electron chi connectivity index (χ3n) is 2.33. The summed E-state index contributed by atoms with van der Waals surface area (Å²) >= 11 is 0. The van der Waals surface area contributed by atoms with Crippen LogP contribution in [0.5, 0.6) is 0 Å². The zero-order valence-corrected chi connectivity index (χ0v) is 10.4. The first kappa shape index (κ1) is 11.8. The van der Waals surface area contributed by atoms with E-state index in [2.05, 4.69) is 62.0 Å². The van der Waals surface area contributed by atoms with Gasteiger partial charge in [0.1, 0.15) is 0 Å². The van der Waals surface area contributed by atoms with Crippen molar-refractivity contribution in [1.82, 2.24) is 4.57 Å². The lowest BCUT2D eigenvalue weighted by Crippen LogP contribution is -2.19. The van der Waals surface area contributed by atoms with E-state index in [-0.39, 0.29) is 5.54 Å². The Morgan fingerprint density at radius 3 is 1.60 bits per heavy atom. The van der Waals surface area contributed by atoms with Gasteiger partial charge in [-0.3, -0.25) is 0 Å². The Kier molecular flexibility index (Phi) is 3.57. The van der Waals surface area contributed by atoms with Crippen LogP contribution in [-0.2, 0) is 5.54 Å². The summed E-state index contributed by atoms with van der Waals surface area (Å²) in [5.41, 5.74) is 0.180. The van der Waals surface area contributed by atoms with E-state index in [0.717, 1.165) is 0 Å². The minimum absolute atomic E-state index is 0.180. The van der Waals surface area contributed by atoms with Crippen molar-refractivity contribution in [2.45, 2.75) is 40.2 Å². The maximum atomic E-state index is 2.26. The number of nitrogens with zero attached hydrogens (tertiary/aromatic N) is 1. The summed E-state index contributed by atoms with van der Waals surface area (Å²) in [6.07, 6.45) is 4.41. The van der Waals surface area contributed by atoms with Crippen molar-refractivity contribution in [2.75, 3.05) is 0 Å². The van der Waals surface area contributed by atoms with Crippen LogP contribution in [-0.4, -0.2) is 4.57 Å². The number of fused-ring (bicyclic) bond motifs is 1. The van der Waals surface area contributed by atoms with E-state index in [0.29, 0.717) is 0 Å². The summed E-state index contributed by atoms with van der Waals surface area (Å²) in [6, 6.07) is 8.46. The summed E-state index contributed by atoms with van der Waals surface area (Å²) in [5, 5.41) is 2.63. The highest BCUT2D eigenvalue weighted by atomic mass is 15.0. The number of hydrogen-bond acceptors (Lipinski definition) is 0. The highest BCUT2D eigenvalue weighted by molar-refractivity contribution is 5.82. The van der Waals surface area contributed by atoms with Crippen LogP contribution in [0.3, 0.4) is 0 Å². The second-order valence-electron chi connectivity index (χ2n) is 4.47. The van der Waals surface area contributed by atoms with Gasteiger partial charge in [-0.25, -0.2) is 0 Å². The molecule has 2 aromatic rings. The molecule has 2 rings (SSSR count). The van der Waals surface area contributed by atoms with Crippen molar-refractivity contribution in [3.8, 4) is 0 Å². The molecule has 1 nitrogen and oxygen atoms in total. The fourth-order valence-electron chi connectivity index (χ4n) is 1.47. The number of aromatic nitrogens is 1. The third-order valence-corrected chi connectivity index (χ3v) is 2.33. The predicted octanol–water partition coefficient (Wildman–Crippen LogP) is 4.42. The lowest BCUT2D eigenvalue weighted by atomic mass is 10.1. The summed E-state index contributed by atoms with van der Waals surface area (Å²) in [7, 11) is 0. The van der Waals surface area contributed by atoms with Gasteiger partial charge < -0.3 is 4.57 Å². The monoisotopic (exact) mass is 203 g/mol. The largest absolute Gasteiger partial charge is 0.348 e. The van der Waals surface area contributed by atoms with Crippen LogP contribution < -0.4 is 0 Å². The molecule has 0 fully saturated rings. The Labute approximate surface area is 92.7 Å². The molecule has 1 aromatic carbocycles. The quantitative estimate of drug-likeness (QED) is 0.597. The first-order valence-corrected chi connectivity index (χ1v) is 5.64. The molecule has 0 spiro atoms. The highest BCUT2D eigenvalue weighted by Crippen LogP contribution is 2.21. The van der Waals surface area contributed by atoms with Gasteiger partial charge in [0.2, 0.25) is 0 Å². The van der Waals surface area contributed by atoms with Gasteiger partial charge >= 0.3 is 0 Å². The third kappa shape index (κ3) is 2.62. The normalized spacial score (nSPS) is 11.0. The second-order valence-corrected chi connectivity index (χ2v) is 4.47. The van der Waals surface area contributed by atoms with Gasteiger partial charge in [0.05, 0.1) is 0 Å². The smallest absolute Gasteiger partial charge is 0.0356 e. The number of benzene rings is 1. The molecule has 0 aliphatic heterocycles. The van der Waals surface area contributed by atoms with Crippen LogP contribution in [0, 0.1) is 0 Å². The van der Waals surface area contributed by atoms with Gasteiger partial charge in [0, 0.05) is 17.9 Å². The summed E-state index contributed by atoms with van der Waals surface area (Å²) in [4.78, 5) is 0. The Hall–Kier alpha value is -1.24. The maximum absolute atomic E-state index is 2.26. The van der Waals surface area contributed by atoms with Crippen molar-refractivity contribution in [2.24, 2.45) is 0 Å². The molecule has 15 heavy (non-hydrogen) atoms. The molecule has 1 heteroatoms. The molecular weight excluding hydrogens is 182 g/mol. The van der Waals surface area contributed by atoms with E-state index >= 15 is 0 Å². The Balaban J connectivity index is 0.000000531. The molecule has 0 aliphatic carbocycles. The minimum atomic E-state index is 0.180. The second kappa shape index (κ2) is 4.52. The maximum Gasteiger partial charge on any atom is 0.0356 e. The van der Waals surface area contributed by atoms with E-state index in [1.807, 2.05) is 13.8 Å². The standard InChI is InChI=1S/C12H15N.C2H6/c1-12(2,3)13-8-10-6-4-5-7-11(10)9-13;1-2/h4-9H,1-3H3;1-2H3. The molecule has 0 saturated heterocycles. The molecule has 0 bridgehead atoms. The van der Waals surface area contributed by atoms with Crippen molar-refractivity contribution < 1.29 is 0 Å². The molecule has 0 atom stereocenters. The molecular formula is C14H21N. The minimum Gasteiger partial charge on any atom is -0.348 e. The van der Waals surface area contributed by atoms with E-state index in [1.54, 1.807) is 0 Å². The van der Waals surface area contributed by atoms with Crippen LogP contribution in [0.2, 0.25) is 0 Å². The van der Waals surface area contributed by atoms with Gasteiger partial charge in [-0.2, -0.15) is 0 Å². The predicted molar refractivity (Wildman–Crippen MR) is 68.3 cm³/mol. The molecule has 1 aromatic heterocycles. The first-order chi connectivity index (χ1) is 7.07. The lowest BCUT2D eigenvalue weighted by Gasteiger charge is -2.20. The van der Waals surface area contributed by atoms with Crippen molar-refractivity contribution in [3.05, 3.63) is 36.7 Å².